The summed E-state index contributed by atoms with van der Waals surface area (Å²) in [6, 6.07) is 1.15. The van der Waals surface area contributed by atoms with Crippen molar-refractivity contribution in [1.29, 1.82) is 0 Å². The van der Waals surface area contributed by atoms with E-state index in [1.54, 1.807) is 0 Å². The number of halogens is 3. The van der Waals surface area contributed by atoms with E-state index in [4.69, 9.17) is 15.6 Å². The van der Waals surface area contributed by atoms with Crippen LogP contribution in [0.1, 0.15) is 6.23 Å². The minimum absolute atomic E-state index is 0. The highest BCUT2D eigenvalue weighted by atomic mass is 35.5. The Hall–Kier alpha value is -1.29. The van der Waals surface area contributed by atoms with E-state index in [2.05, 4.69) is 4.98 Å². The predicted molar refractivity (Wildman–Crippen MR) is 62.1 cm³/mol. The Morgan fingerprint density at radius 3 is 2.68 bits per heavy atom. The smallest absolute Gasteiger partial charge is 0.351 e. The van der Waals surface area contributed by atoms with Gasteiger partial charge in [0.2, 0.25) is 6.23 Å². The van der Waals surface area contributed by atoms with E-state index in [-0.39, 0.29) is 18.2 Å². The normalized spacial score (nSPS) is 28.9. The quantitative estimate of drug-likeness (QED) is 0.655. The van der Waals surface area contributed by atoms with Crippen LogP contribution in [-0.2, 0) is 4.74 Å². The predicted octanol–water partition coefficient (Wildman–Crippen LogP) is -0.867. The van der Waals surface area contributed by atoms with Gasteiger partial charge in [0.05, 0.1) is 6.61 Å². The SMILES string of the molecule is Cl.Nc1ccn(C2OC(CO)C(O)C2(F)F)c(=O)n1. The van der Waals surface area contributed by atoms with Crippen LogP contribution in [-0.4, -0.2) is 44.5 Å². The summed E-state index contributed by atoms with van der Waals surface area (Å²) >= 11 is 0. The average Bonchev–Trinajstić information content (AvgIpc) is 2.52. The molecule has 4 N–H and O–H groups in total. The van der Waals surface area contributed by atoms with Crippen LogP contribution in [0, 0.1) is 0 Å². The molecule has 2 heterocycles. The Bertz CT molecular complexity index is 512. The monoisotopic (exact) mass is 299 g/mol. The third kappa shape index (κ3) is 2.54. The third-order valence-electron chi connectivity index (χ3n) is 2.66. The minimum atomic E-state index is -3.71. The molecule has 19 heavy (non-hydrogen) atoms. The summed E-state index contributed by atoms with van der Waals surface area (Å²) in [6.07, 6.45) is -4.69. The molecular formula is C9H12ClF2N3O4. The van der Waals surface area contributed by atoms with Gasteiger partial charge in [0.1, 0.15) is 11.9 Å². The maximum absolute atomic E-state index is 13.7. The number of rotatable bonds is 2. The second-order valence-corrected chi connectivity index (χ2v) is 3.87. The maximum atomic E-state index is 13.7. The largest absolute Gasteiger partial charge is 0.394 e. The lowest BCUT2D eigenvalue weighted by molar-refractivity contribution is -0.140. The fraction of sp³-hybridized carbons (Fsp3) is 0.556. The number of hydrogen-bond acceptors (Lipinski definition) is 6. The van der Waals surface area contributed by atoms with Crippen molar-refractivity contribution in [2.75, 3.05) is 12.3 Å². The molecule has 1 saturated heterocycles. The van der Waals surface area contributed by atoms with Gasteiger partial charge in [0.15, 0.2) is 6.10 Å². The number of nitrogens with two attached hydrogens (primary N) is 1. The van der Waals surface area contributed by atoms with Crippen molar-refractivity contribution in [3.63, 3.8) is 0 Å². The zero-order valence-electron chi connectivity index (χ0n) is 9.44. The summed E-state index contributed by atoms with van der Waals surface area (Å²) < 4.78 is 32.7. The van der Waals surface area contributed by atoms with Crippen molar-refractivity contribution in [3.05, 3.63) is 22.7 Å². The molecule has 0 aliphatic carbocycles. The molecule has 0 aromatic carbocycles. The molecule has 1 aromatic heterocycles. The zero-order chi connectivity index (χ0) is 13.5. The second kappa shape index (κ2) is 5.37. The first kappa shape index (κ1) is 15.8. The molecule has 0 bridgehead atoms. The summed E-state index contributed by atoms with van der Waals surface area (Å²) in [5.74, 6) is -3.83. The van der Waals surface area contributed by atoms with Crippen molar-refractivity contribution in [1.82, 2.24) is 9.55 Å². The Morgan fingerprint density at radius 1 is 1.58 bits per heavy atom. The summed E-state index contributed by atoms with van der Waals surface area (Å²) in [6.45, 7) is -0.787. The molecule has 10 heteroatoms. The number of nitrogen functional groups attached to an aromatic ring is 1. The Labute approximate surface area is 112 Å². The fourth-order valence-electron chi connectivity index (χ4n) is 1.72. The fourth-order valence-corrected chi connectivity index (χ4v) is 1.72. The van der Waals surface area contributed by atoms with Crippen molar-refractivity contribution >= 4 is 18.2 Å². The van der Waals surface area contributed by atoms with Gasteiger partial charge >= 0.3 is 11.6 Å². The van der Waals surface area contributed by atoms with Crippen LogP contribution in [0.5, 0.6) is 0 Å². The Balaban J connectivity index is 0.00000180. The van der Waals surface area contributed by atoms with Crippen LogP contribution >= 0.6 is 12.4 Å². The van der Waals surface area contributed by atoms with Crippen LogP contribution in [0.25, 0.3) is 0 Å². The van der Waals surface area contributed by atoms with Crippen LogP contribution in [0.3, 0.4) is 0 Å². The van der Waals surface area contributed by atoms with Gasteiger partial charge < -0.3 is 20.7 Å². The molecule has 1 fully saturated rings. The molecule has 0 amide bonds. The van der Waals surface area contributed by atoms with Crippen molar-refractivity contribution in [2.45, 2.75) is 24.4 Å². The molecule has 108 valence electrons. The van der Waals surface area contributed by atoms with Crippen LogP contribution in [0.15, 0.2) is 17.1 Å². The third-order valence-corrected chi connectivity index (χ3v) is 2.66. The van der Waals surface area contributed by atoms with Gasteiger partial charge in [-0.05, 0) is 6.07 Å². The Morgan fingerprint density at radius 2 is 2.21 bits per heavy atom. The van der Waals surface area contributed by atoms with Gasteiger partial charge in [0.25, 0.3) is 0 Å². The summed E-state index contributed by atoms with van der Waals surface area (Å²) in [7, 11) is 0. The van der Waals surface area contributed by atoms with Crippen LogP contribution in [0.2, 0.25) is 0 Å². The molecule has 1 aromatic rings. The lowest BCUT2D eigenvalue weighted by Gasteiger charge is -2.20. The highest BCUT2D eigenvalue weighted by Crippen LogP contribution is 2.41. The van der Waals surface area contributed by atoms with E-state index in [9.17, 15) is 18.7 Å². The number of ether oxygens (including phenoxy) is 1. The molecule has 3 atom stereocenters. The standard InChI is InChI=1S/C9H11F2N3O4.ClH/c10-9(11)6(16)4(3-15)18-7(9)14-2-1-5(12)13-8(14)17;/h1-2,4,6-7,15-16H,3H2,(H2,12,13,17);1H. The molecule has 0 radical (unpaired) electrons. The van der Waals surface area contributed by atoms with Gasteiger partial charge in [-0.15, -0.1) is 12.4 Å². The number of anilines is 1. The molecule has 0 spiro atoms. The molecule has 2 rings (SSSR count). The van der Waals surface area contributed by atoms with E-state index in [1.807, 2.05) is 0 Å². The van der Waals surface area contributed by atoms with Crippen molar-refractivity contribution < 1.29 is 23.7 Å². The highest BCUT2D eigenvalue weighted by molar-refractivity contribution is 5.85. The minimum Gasteiger partial charge on any atom is -0.394 e. The number of aliphatic hydroxyl groups is 2. The second-order valence-electron chi connectivity index (χ2n) is 3.87. The van der Waals surface area contributed by atoms with E-state index in [0.717, 1.165) is 12.3 Å². The molecule has 3 unspecified atom stereocenters. The van der Waals surface area contributed by atoms with Crippen LogP contribution in [0.4, 0.5) is 14.6 Å². The number of aromatic nitrogens is 2. The van der Waals surface area contributed by atoms with Gasteiger partial charge in [-0.25, -0.2) is 4.79 Å². The van der Waals surface area contributed by atoms with Gasteiger partial charge in [-0.3, -0.25) is 4.57 Å². The number of aliphatic hydroxyl groups excluding tert-OH is 2. The van der Waals surface area contributed by atoms with Crippen molar-refractivity contribution in [3.8, 4) is 0 Å². The first-order valence-corrected chi connectivity index (χ1v) is 5.04. The molecular weight excluding hydrogens is 288 g/mol. The zero-order valence-corrected chi connectivity index (χ0v) is 10.3. The number of alkyl halides is 2. The molecule has 1 aliphatic rings. The topological polar surface area (TPSA) is 111 Å². The van der Waals surface area contributed by atoms with Crippen molar-refractivity contribution in [2.24, 2.45) is 0 Å². The highest BCUT2D eigenvalue weighted by Gasteiger charge is 2.59. The maximum Gasteiger partial charge on any atom is 0.351 e. The molecule has 0 saturated carbocycles. The lowest BCUT2D eigenvalue weighted by Crippen LogP contribution is -2.41. The van der Waals surface area contributed by atoms with E-state index < -0.39 is 36.7 Å². The number of hydrogen-bond donors (Lipinski definition) is 3. The van der Waals surface area contributed by atoms with E-state index in [1.165, 1.54) is 0 Å². The van der Waals surface area contributed by atoms with E-state index in [0.29, 0.717) is 4.57 Å². The van der Waals surface area contributed by atoms with Gasteiger partial charge in [-0.2, -0.15) is 13.8 Å². The number of nitrogens with zero attached hydrogens (tertiary/aromatic N) is 2. The molecule has 7 nitrogen and oxygen atoms in total. The van der Waals surface area contributed by atoms with Gasteiger partial charge in [-0.1, -0.05) is 0 Å². The first-order valence-electron chi connectivity index (χ1n) is 5.04. The van der Waals surface area contributed by atoms with Crippen LogP contribution < -0.4 is 11.4 Å². The molecule has 1 aliphatic heterocycles. The average molecular weight is 300 g/mol. The van der Waals surface area contributed by atoms with Gasteiger partial charge in [0, 0.05) is 6.20 Å². The van der Waals surface area contributed by atoms with E-state index >= 15 is 0 Å². The summed E-state index contributed by atoms with van der Waals surface area (Å²) in [5, 5.41) is 18.1. The first-order chi connectivity index (χ1) is 8.37. The Kier molecular flexibility index (Phi) is 4.46. The summed E-state index contributed by atoms with van der Waals surface area (Å²) in [5.41, 5.74) is 4.21. The lowest BCUT2D eigenvalue weighted by atomic mass is 10.1. The summed E-state index contributed by atoms with van der Waals surface area (Å²) in [4.78, 5) is 14.7.